The highest BCUT2D eigenvalue weighted by Gasteiger charge is 2.36. The summed E-state index contributed by atoms with van der Waals surface area (Å²) in [5, 5.41) is 11.0. The number of rotatable bonds is 5. The number of hydrogen-bond acceptors (Lipinski definition) is 4. The highest BCUT2D eigenvalue weighted by Crippen LogP contribution is 2.43. The molecule has 162 valence electrons. The Bertz CT molecular complexity index is 1130. The number of carboxylic acid groups (broad SMARTS) is 1. The molecule has 1 aliphatic carbocycles. The summed E-state index contributed by atoms with van der Waals surface area (Å²) in [5.74, 6) is -1.17. The molecule has 2 atom stereocenters. The van der Waals surface area contributed by atoms with Gasteiger partial charge in [0.15, 0.2) is 0 Å². The maximum atomic E-state index is 15.0. The highest BCUT2D eigenvalue weighted by molar-refractivity contribution is 5.88. The predicted molar refractivity (Wildman–Crippen MR) is 103 cm³/mol. The molecule has 0 bridgehead atoms. The molecule has 2 heterocycles. The first-order valence-corrected chi connectivity index (χ1v) is 9.72. The van der Waals surface area contributed by atoms with Crippen molar-refractivity contribution in [3.05, 3.63) is 38.3 Å². The van der Waals surface area contributed by atoms with Crippen LogP contribution in [0.1, 0.15) is 44.2 Å². The van der Waals surface area contributed by atoms with Crippen molar-refractivity contribution in [3.8, 4) is 0 Å². The Balaban J connectivity index is 1.87. The van der Waals surface area contributed by atoms with Gasteiger partial charge < -0.3 is 15.3 Å². The van der Waals surface area contributed by atoms with Crippen LogP contribution in [0.4, 0.5) is 23.7 Å². The number of carbonyl (C=O) groups is 1. The number of alkyl halides is 2. The maximum Gasteiger partial charge on any atom is 0.404 e. The van der Waals surface area contributed by atoms with E-state index in [2.05, 4.69) is 10.3 Å². The number of nitrogens with zero attached hydrogens (tertiary/aromatic N) is 2. The van der Waals surface area contributed by atoms with Crippen molar-refractivity contribution < 1.29 is 23.1 Å². The Hall–Kier alpha value is -2.98. The minimum absolute atomic E-state index is 0.167. The summed E-state index contributed by atoms with van der Waals surface area (Å²) in [5.41, 5.74) is -2.91. The number of aromatic amines is 1. The third-order valence-corrected chi connectivity index (χ3v) is 5.92. The van der Waals surface area contributed by atoms with E-state index in [9.17, 15) is 23.2 Å². The van der Waals surface area contributed by atoms with Crippen molar-refractivity contribution in [1.29, 1.82) is 0 Å². The van der Waals surface area contributed by atoms with Gasteiger partial charge >= 0.3 is 11.8 Å². The Morgan fingerprint density at radius 1 is 1.30 bits per heavy atom. The van der Waals surface area contributed by atoms with Crippen LogP contribution in [0.2, 0.25) is 0 Å². The van der Waals surface area contributed by atoms with E-state index in [0.29, 0.717) is 19.3 Å². The molecule has 4 rings (SSSR count). The zero-order valence-electron chi connectivity index (χ0n) is 16.1. The standard InChI is InChI=1S/C19H21F3N4O4/c1-8(23-19(29)30)9-4-5-25(7-9)15-12(20)6-11-14(13(15)16(21)22)26(10-2-3-10)18(28)24-17(11)27/h6,8-10,16,23H,2-5,7H2,1H3,(H,29,30)(H,24,27,28)/t8-,9+/m0/s1. The molecule has 8 nitrogen and oxygen atoms in total. The molecule has 1 saturated heterocycles. The first-order chi connectivity index (χ1) is 14.2. The van der Waals surface area contributed by atoms with Crippen molar-refractivity contribution in [2.75, 3.05) is 18.0 Å². The van der Waals surface area contributed by atoms with Gasteiger partial charge in [-0.15, -0.1) is 0 Å². The van der Waals surface area contributed by atoms with Crippen molar-refractivity contribution in [1.82, 2.24) is 14.9 Å². The molecule has 0 spiro atoms. The molecule has 1 aromatic carbocycles. The van der Waals surface area contributed by atoms with Gasteiger partial charge in [-0.05, 0) is 38.2 Å². The van der Waals surface area contributed by atoms with Crippen LogP contribution >= 0.6 is 0 Å². The Morgan fingerprint density at radius 2 is 2.00 bits per heavy atom. The van der Waals surface area contributed by atoms with Gasteiger partial charge in [0.1, 0.15) is 5.82 Å². The number of nitrogens with one attached hydrogen (secondary N) is 2. The SMILES string of the molecule is C[C@H](NC(=O)O)[C@@H]1CCN(c2c(F)cc3c(=O)[nH]c(=O)n(C4CC4)c3c2C(F)F)C1. The predicted octanol–water partition coefficient (Wildman–Crippen LogP) is 2.58. The van der Waals surface area contributed by atoms with E-state index in [1.165, 1.54) is 4.90 Å². The van der Waals surface area contributed by atoms with E-state index >= 15 is 4.39 Å². The van der Waals surface area contributed by atoms with Gasteiger partial charge in [0.05, 0.1) is 22.2 Å². The Labute approximate surface area is 168 Å². The number of amides is 1. The van der Waals surface area contributed by atoms with E-state index in [1.807, 2.05) is 0 Å². The maximum absolute atomic E-state index is 15.0. The van der Waals surface area contributed by atoms with Gasteiger partial charge in [-0.1, -0.05) is 0 Å². The molecule has 11 heteroatoms. The fourth-order valence-corrected chi connectivity index (χ4v) is 4.33. The molecule has 1 saturated carbocycles. The lowest BCUT2D eigenvalue weighted by molar-refractivity contribution is 0.152. The lowest BCUT2D eigenvalue weighted by atomic mass is 10.0. The molecular weight excluding hydrogens is 405 g/mol. The number of H-pyrrole nitrogens is 1. The molecule has 2 fully saturated rings. The van der Waals surface area contributed by atoms with Crippen LogP contribution in [0.15, 0.2) is 15.7 Å². The average Bonchev–Trinajstić information content (AvgIpc) is 3.36. The van der Waals surface area contributed by atoms with Gasteiger partial charge in [-0.25, -0.2) is 22.8 Å². The monoisotopic (exact) mass is 426 g/mol. The number of hydrogen-bond donors (Lipinski definition) is 3. The summed E-state index contributed by atoms with van der Waals surface area (Å²) in [6, 6.07) is 0.150. The average molecular weight is 426 g/mol. The van der Waals surface area contributed by atoms with Gasteiger partial charge in [0.25, 0.3) is 12.0 Å². The van der Waals surface area contributed by atoms with E-state index in [-0.39, 0.29) is 41.6 Å². The number of fused-ring (bicyclic) bond motifs is 1. The summed E-state index contributed by atoms with van der Waals surface area (Å²) in [6.07, 6.45) is -2.61. The molecule has 1 aromatic heterocycles. The van der Waals surface area contributed by atoms with Crippen LogP contribution in [0.25, 0.3) is 10.9 Å². The van der Waals surface area contributed by atoms with Gasteiger partial charge in [0, 0.05) is 25.2 Å². The fourth-order valence-electron chi connectivity index (χ4n) is 4.33. The van der Waals surface area contributed by atoms with Crippen molar-refractivity contribution in [3.63, 3.8) is 0 Å². The minimum atomic E-state index is -3.11. The second-order valence-corrected chi connectivity index (χ2v) is 7.91. The van der Waals surface area contributed by atoms with Gasteiger partial charge in [-0.3, -0.25) is 14.3 Å². The molecule has 2 aliphatic rings. The number of benzene rings is 1. The zero-order valence-corrected chi connectivity index (χ0v) is 16.1. The Kier molecular flexibility index (Phi) is 4.99. The van der Waals surface area contributed by atoms with E-state index in [0.717, 1.165) is 10.6 Å². The quantitative estimate of drug-likeness (QED) is 0.681. The number of halogens is 3. The highest BCUT2D eigenvalue weighted by atomic mass is 19.3. The van der Waals surface area contributed by atoms with Crippen molar-refractivity contribution in [2.24, 2.45) is 5.92 Å². The summed E-state index contributed by atoms with van der Waals surface area (Å²) >= 11 is 0. The lowest BCUT2D eigenvalue weighted by Crippen LogP contribution is -2.38. The Morgan fingerprint density at radius 3 is 2.60 bits per heavy atom. The van der Waals surface area contributed by atoms with Crippen molar-refractivity contribution >= 4 is 22.7 Å². The smallest absolute Gasteiger partial charge is 0.404 e. The van der Waals surface area contributed by atoms with Crippen LogP contribution in [-0.4, -0.2) is 39.9 Å². The molecule has 1 aliphatic heterocycles. The number of anilines is 1. The largest absolute Gasteiger partial charge is 0.465 e. The molecule has 0 radical (unpaired) electrons. The van der Waals surface area contributed by atoms with E-state index < -0.39 is 41.2 Å². The normalized spacial score (nSPS) is 20.2. The molecule has 2 aromatic rings. The zero-order chi connectivity index (χ0) is 21.7. The van der Waals surface area contributed by atoms with E-state index in [1.54, 1.807) is 6.92 Å². The molecule has 30 heavy (non-hydrogen) atoms. The second-order valence-electron chi connectivity index (χ2n) is 7.91. The van der Waals surface area contributed by atoms with Gasteiger partial charge in [-0.2, -0.15) is 0 Å². The molecular formula is C19H21F3N4O4. The summed E-state index contributed by atoms with van der Waals surface area (Å²) in [6.45, 7) is 2.08. The lowest BCUT2D eigenvalue weighted by Gasteiger charge is -2.26. The topological polar surface area (TPSA) is 107 Å². The third kappa shape index (κ3) is 3.41. The summed E-state index contributed by atoms with van der Waals surface area (Å²) in [7, 11) is 0. The van der Waals surface area contributed by atoms with Crippen LogP contribution in [0.5, 0.6) is 0 Å². The first kappa shape index (κ1) is 20.3. The minimum Gasteiger partial charge on any atom is -0.465 e. The summed E-state index contributed by atoms with van der Waals surface area (Å²) in [4.78, 5) is 39.0. The van der Waals surface area contributed by atoms with Crippen LogP contribution in [0, 0.1) is 11.7 Å². The van der Waals surface area contributed by atoms with Crippen LogP contribution in [-0.2, 0) is 0 Å². The van der Waals surface area contributed by atoms with Gasteiger partial charge in [0.2, 0.25) is 0 Å². The molecule has 0 unspecified atom stereocenters. The van der Waals surface area contributed by atoms with E-state index in [4.69, 9.17) is 5.11 Å². The van der Waals surface area contributed by atoms with Crippen LogP contribution < -0.4 is 21.5 Å². The van der Waals surface area contributed by atoms with Crippen molar-refractivity contribution in [2.45, 2.75) is 44.7 Å². The second kappa shape index (κ2) is 7.37. The molecule has 3 N–H and O–H groups in total. The number of aromatic nitrogens is 2. The first-order valence-electron chi connectivity index (χ1n) is 9.72. The molecule has 1 amide bonds. The fraction of sp³-hybridized carbons (Fsp3) is 0.526. The summed E-state index contributed by atoms with van der Waals surface area (Å²) < 4.78 is 44.6. The van der Waals surface area contributed by atoms with Crippen LogP contribution in [0.3, 0.4) is 0 Å². The third-order valence-electron chi connectivity index (χ3n) is 5.92.